The van der Waals surface area contributed by atoms with E-state index in [9.17, 15) is 5.11 Å². The van der Waals surface area contributed by atoms with E-state index >= 15 is 0 Å². The van der Waals surface area contributed by atoms with Gasteiger partial charge in [-0.15, -0.1) is 5.84 Å². The number of aliphatic imine (C=N–C) groups is 2. The minimum absolute atomic E-state index is 0.0123. The lowest BCUT2D eigenvalue weighted by Gasteiger charge is -2.30. The van der Waals surface area contributed by atoms with Gasteiger partial charge in [0.15, 0.2) is 17.7 Å². The molecule has 7 heteroatoms. The quantitative estimate of drug-likeness (QED) is 0.500. The zero-order valence-corrected chi connectivity index (χ0v) is 14.8. The summed E-state index contributed by atoms with van der Waals surface area (Å²) in [5.41, 5.74) is -0.664. The van der Waals surface area contributed by atoms with Gasteiger partial charge in [-0.1, -0.05) is 33.6 Å². The van der Waals surface area contributed by atoms with E-state index in [-0.39, 0.29) is 16.5 Å². The molecule has 0 aliphatic carbocycles. The van der Waals surface area contributed by atoms with Crippen LogP contribution in [0.1, 0.15) is 33.5 Å². The SMILES string of the molecule is CC(C)C(O)(C#CC1=C[N+]2(N)N=C(c3ccco3)N=C2C=N1)C(C)C. The summed E-state index contributed by atoms with van der Waals surface area (Å²) in [4.78, 5) is 8.63. The summed E-state index contributed by atoms with van der Waals surface area (Å²) >= 11 is 0. The number of amidine groups is 2. The molecule has 0 aromatic carbocycles. The van der Waals surface area contributed by atoms with Gasteiger partial charge in [0, 0.05) is 0 Å². The van der Waals surface area contributed by atoms with Gasteiger partial charge in [0.2, 0.25) is 0 Å². The van der Waals surface area contributed by atoms with Crippen LogP contribution in [-0.2, 0) is 0 Å². The minimum Gasteiger partial charge on any atom is -0.461 e. The van der Waals surface area contributed by atoms with Gasteiger partial charge in [-0.05, 0) is 39.7 Å². The van der Waals surface area contributed by atoms with E-state index < -0.39 is 5.60 Å². The molecule has 0 fully saturated rings. The Balaban J connectivity index is 1.92. The van der Waals surface area contributed by atoms with Crippen LogP contribution in [-0.4, -0.2) is 33.3 Å². The molecule has 0 bridgehead atoms. The minimum atomic E-state index is -1.10. The van der Waals surface area contributed by atoms with Gasteiger partial charge < -0.3 is 9.52 Å². The Morgan fingerprint density at radius 1 is 1.28 bits per heavy atom. The molecule has 130 valence electrons. The summed E-state index contributed by atoms with van der Waals surface area (Å²) < 4.78 is 4.94. The van der Waals surface area contributed by atoms with Gasteiger partial charge in [-0.3, -0.25) is 0 Å². The highest BCUT2D eigenvalue weighted by atomic mass is 16.3. The van der Waals surface area contributed by atoms with Crippen LogP contribution in [0.25, 0.3) is 0 Å². The summed E-state index contributed by atoms with van der Waals surface area (Å²) in [5, 5.41) is 15.1. The first-order valence-corrected chi connectivity index (χ1v) is 8.18. The number of hydrogen-bond acceptors (Lipinski definition) is 6. The molecule has 1 aromatic rings. The molecule has 2 aliphatic heterocycles. The Morgan fingerprint density at radius 2 is 2.00 bits per heavy atom. The van der Waals surface area contributed by atoms with Crippen molar-refractivity contribution in [3.63, 3.8) is 0 Å². The third-order valence-electron chi connectivity index (χ3n) is 4.38. The molecule has 2 aliphatic rings. The van der Waals surface area contributed by atoms with Crippen molar-refractivity contribution in [3.05, 3.63) is 36.1 Å². The average Bonchev–Trinajstić information content (AvgIpc) is 3.18. The number of quaternary nitrogens is 1. The molecule has 0 amide bonds. The predicted molar refractivity (Wildman–Crippen MR) is 96.1 cm³/mol. The molecule has 0 spiro atoms. The topological polar surface area (TPSA) is 96.5 Å². The van der Waals surface area contributed by atoms with Crippen LogP contribution >= 0.6 is 0 Å². The fourth-order valence-electron chi connectivity index (χ4n) is 2.68. The molecule has 3 rings (SSSR count). The third-order valence-corrected chi connectivity index (χ3v) is 4.38. The van der Waals surface area contributed by atoms with Gasteiger partial charge >= 0.3 is 0 Å². The Hall–Kier alpha value is -2.53. The largest absolute Gasteiger partial charge is 0.461 e. The maximum Gasteiger partial charge on any atom is 0.300 e. The smallest absolute Gasteiger partial charge is 0.300 e. The second-order valence-electron chi connectivity index (χ2n) is 6.77. The van der Waals surface area contributed by atoms with Crippen molar-refractivity contribution in [2.45, 2.75) is 33.3 Å². The lowest BCUT2D eigenvalue weighted by atomic mass is 9.81. The van der Waals surface area contributed by atoms with Crippen LogP contribution in [0.3, 0.4) is 0 Å². The van der Waals surface area contributed by atoms with Crippen molar-refractivity contribution in [2.75, 3.05) is 0 Å². The normalized spacial score (nSPS) is 22.3. The highest BCUT2D eigenvalue weighted by Crippen LogP contribution is 2.26. The highest BCUT2D eigenvalue weighted by molar-refractivity contribution is 6.31. The molecule has 1 atom stereocenters. The van der Waals surface area contributed by atoms with E-state index in [0.29, 0.717) is 23.1 Å². The lowest BCUT2D eigenvalue weighted by Crippen LogP contribution is -2.50. The molecule has 7 nitrogen and oxygen atoms in total. The Bertz CT molecular complexity index is 842. The first-order chi connectivity index (χ1) is 11.7. The molecule has 25 heavy (non-hydrogen) atoms. The maximum atomic E-state index is 10.8. The summed E-state index contributed by atoms with van der Waals surface area (Å²) in [6.45, 7) is 7.76. The van der Waals surface area contributed by atoms with Crippen molar-refractivity contribution in [3.8, 4) is 11.8 Å². The second kappa shape index (κ2) is 6.08. The van der Waals surface area contributed by atoms with E-state index in [1.807, 2.05) is 27.7 Å². The number of nitrogens with zero attached hydrogens (tertiary/aromatic N) is 4. The molecule has 1 unspecified atom stereocenters. The van der Waals surface area contributed by atoms with Gasteiger partial charge in [0.25, 0.3) is 11.7 Å². The van der Waals surface area contributed by atoms with Crippen LogP contribution < -0.4 is 5.84 Å². The number of allylic oxidation sites excluding steroid dienone is 1. The van der Waals surface area contributed by atoms with Crippen LogP contribution in [0.2, 0.25) is 0 Å². The van der Waals surface area contributed by atoms with E-state index in [1.54, 1.807) is 24.6 Å². The number of hydrogen-bond donors (Lipinski definition) is 2. The average molecular weight is 340 g/mol. The molecular weight excluding hydrogens is 318 g/mol. The molecule has 0 saturated heterocycles. The van der Waals surface area contributed by atoms with Crippen molar-refractivity contribution >= 4 is 17.9 Å². The Morgan fingerprint density at radius 3 is 2.60 bits per heavy atom. The standard InChI is InChI=1S/C18H22N5O2/c1-12(2)18(24,13(3)4)8-7-14-11-23(19)16(10-20-14)21-17(22-23)15-6-5-9-25-15/h5-6,9-13,24H,19H2,1-4H3/q+1. The van der Waals surface area contributed by atoms with E-state index in [4.69, 9.17) is 10.3 Å². The Labute approximate surface area is 146 Å². The first kappa shape index (κ1) is 17.3. The van der Waals surface area contributed by atoms with Crippen LogP contribution in [0.15, 0.2) is 49.8 Å². The van der Waals surface area contributed by atoms with Crippen LogP contribution in [0, 0.1) is 23.7 Å². The molecule has 0 saturated carbocycles. The number of nitrogens with two attached hydrogens (primary N) is 1. The molecule has 1 aromatic heterocycles. The number of aliphatic hydroxyl groups is 1. The number of rotatable bonds is 3. The first-order valence-electron chi connectivity index (χ1n) is 8.18. The fourth-order valence-corrected chi connectivity index (χ4v) is 2.68. The monoisotopic (exact) mass is 340 g/mol. The van der Waals surface area contributed by atoms with Gasteiger partial charge in [-0.2, -0.15) is 4.99 Å². The van der Waals surface area contributed by atoms with Crippen LogP contribution in [0.4, 0.5) is 0 Å². The maximum absolute atomic E-state index is 10.8. The zero-order chi connectivity index (χ0) is 18.2. The molecule has 3 heterocycles. The number of fused-ring (bicyclic) bond motifs is 1. The van der Waals surface area contributed by atoms with E-state index in [0.717, 1.165) is 0 Å². The van der Waals surface area contributed by atoms with E-state index in [2.05, 4.69) is 26.9 Å². The summed E-state index contributed by atoms with van der Waals surface area (Å²) in [6, 6.07) is 3.52. The fraction of sp³-hybridized carbons (Fsp3) is 0.389. The van der Waals surface area contributed by atoms with Gasteiger partial charge in [0.05, 0.1) is 6.26 Å². The molecule has 0 radical (unpaired) electrons. The van der Waals surface area contributed by atoms with Crippen molar-refractivity contribution < 1.29 is 14.2 Å². The summed E-state index contributed by atoms with van der Waals surface area (Å²) in [6.07, 6.45) is 4.69. The zero-order valence-electron chi connectivity index (χ0n) is 14.8. The van der Waals surface area contributed by atoms with E-state index in [1.165, 1.54) is 6.21 Å². The molecular formula is C18H22N5O2+. The Kier molecular flexibility index (Phi) is 4.21. The lowest BCUT2D eigenvalue weighted by molar-refractivity contribution is -0.803. The van der Waals surface area contributed by atoms with Crippen molar-refractivity contribution in [1.82, 2.24) is 0 Å². The van der Waals surface area contributed by atoms with Crippen molar-refractivity contribution in [1.29, 1.82) is 0 Å². The van der Waals surface area contributed by atoms with Gasteiger partial charge in [0.1, 0.15) is 11.8 Å². The third kappa shape index (κ3) is 3.07. The summed E-state index contributed by atoms with van der Waals surface area (Å²) in [7, 11) is 0. The van der Waals surface area contributed by atoms with Gasteiger partial charge in [-0.25, -0.2) is 4.99 Å². The predicted octanol–water partition coefficient (Wildman–Crippen LogP) is 2.02. The number of furan rings is 1. The van der Waals surface area contributed by atoms with Crippen LogP contribution in [0.5, 0.6) is 0 Å². The molecule has 3 N–H and O–H groups in total. The summed E-state index contributed by atoms with van der Waals surface area (Å²) in [5.74, 6) is 13.6. The second-order valence-corrected chi connectivity index (χ2v) is 6.77. The highest BCUT2D eigenvalue weighted by Gasteiger charge is 2.40. The van der Waals surface area contributed by atoms with Crippen molar-refractivity contribution in [2.24, 2.45) is 32.8 Å².